The van der Waals surface area contributed by atoms with E-state index in [1.54, 1.807) is 5.57 Å². The van der Waals surface area contributed by atoms with Crippen LogP contribution in [-0.4, -0.2) is 3.71 Å². The van der Waals surface area contributed by atoms with Crippen LogP contribution in [0.1, 0.15) is 30.4 Å². The van der Waals surface area contributed by atoms with Crippen LogP contribution in [0.15, 0.2) is 72.3 Å². The molecule has 2 aromatic carbocycles. The third kappa shape index (κ3) is 1.95. The molecule has 2 aliphatic carbocycles. The summed E-state index contributed by atoms with van der Waals surface area (Å²) in [7, 11) is 0. The Morgan fingerprint density at radius 3 is 2.09 bits per heavy atom. The third-order valence-corrected chi connectivity index (χ3v) is 6.67. The van der Waals surface area contributed by atoms with Crippen LogP contribution in [0.2, 0.25) is 0 Å². The monoisotopic (exact) mass is 360 g/mol. The number of hydrogen-bond acceptors (Lipinski definition) is 0. The molecular weight excluding hydrogens is 343 g/mol. The van der Waals surface area contributed by atoms with Crippen molar-refractivity contribution in [1.29, 1.82) is 0 Å². The molecule has 0 amide bonds. The quantitative estimate of drug-likeness (QED) is 0.718. The Balaban J connectivity index is 1.96. The van der Waals surface area contributed by atoms with Crippen molar-refractivity contribution in [3.05, 3.63) is 83.5 Å². The van der Waals surface area contributed by atoms with E-state index in [1.165, 1.54) is 46.5 Å². The maximum atomic E-state index is 2.49. The molecule has 1 heteroatoms. The van der Waals surface area contributed by atoms with E-state index in [2.05, 4.69) is 77.4 Å². The van der Waals surface area contributed by atoms with E-state index in [4.69, 9.17) is 0 Å². The number of benzene rings is 2. The average Bonchev–Trinajstić information content (AvgIpc) is 3.21. The molecule has 0 fully saturated rings. The Bertz CT molecular complexity index is 767. The topological polar surface area (TPSA) is 0 Å². The average molecular weight is 362 g/mol. The molecule has 4 rings (SSSR count). The molecule has 1 atom stereocenters. The summed E-state index contributed by atoms with van der Waals surface area (Å²) in [6.45, 7) is 2.42. The van der Waals surface area contributed by atoms with Gasteiger partial charge in [0.25, 0.3) is 0 Å². The predicted octanol–water partition coefficient (Wildman–Crippen LogP) is 5.04. The van der Waals surface area contributed by atoms with E-state index in [0.717, 1.165) is 6.42 Å². The van der Waals surface area contributed by atoms with Crippen molar-refractivity contribution in [2.45, 2.75) is 19.3 Å². The molecule has 0 saturated heterocycles. The van der Waals surface area contributed by atoms with Crippen molar-refractivity contribution in [2.24, 2.45) is 5.41 Å². The molecule has 0 heterocycles. The van der Waals surface area contributed by atoms with Crippen molar-refractivity contribution in [3.63, 3.8) is 0 Å². The first kappa shape index (κ1) is 14.3. The molecule has 0 spiro atoms. The summed E-state index contributed by atoms with van der Waals surface area (Å²) >= 11 is 1.50. The van der Waals surface area contributed by atoms with Crippen LogP contribution < -0.4 is 0 Å². The molecule has 106 valence electrons. The fraction of sp³-hybridized carbons (Fsp3) is 0.190. The Kier molecular flexibility index (Phi) is 3.50. The summed E-state index contributed by atoms with van der Waals surface area (Å²) in [6, 6.07) is 17.9. The summed E-state index contributed by atoms with van der Waals surface area (Å²) in [5.74, 6) is 0.436. The molecule has 1 unspecified atom stereocenters. The van der Waals surface area contributed by atoms with Crippen LogP contribution in [0.3, 0.4) is 0 Å². The van der Waals surface area contributed by atoms with Gasteiger partial charge < -0.3 is 0 Å². The SMILES string of the molecule is CC([CH]=[Zr])(C1=CC=CC1)C1c2ccccc2-c2ccccc21. The zero-order valence-electron chi connectivity index (χ0n) is 12.7. The zero-order chi connectivity index (χ0) is 15.2. The van der Waals surface area contributed by atoms with E-state index in [9.17, 15) is 0 Å². The fourth-order valence-electron chi connectivity index (χ4n) is 4.01. The van der Waals surface area contributed by atoms with Crippen LogP contribution in [0, 0.1) is 5.41 Å². The summed E-state index contributed by atoms with van der Waals surface area (Å²) in [6.07, 6.45) is 7.89. The summed E-state index contributed by atoms with van der Waals surface area (Å²) < 4.78 is 2.49. The first-order valence-corrected chi connectivity index (χ1v) is 9.23. The van der Waals surface area contributed by atoms with Gasteiger partial charge in [0.1, 0.15) is 0 Å². The molecule has 0 nitrogen and oxygen atoms in total. The van der Waals surface area contributed by atoms with E-state index in [-0.39, 0.29) is 5.41 Å². The van der Waals surface area contributed by atoms with Gasteiger partial charge in [-0.2, -0.15) is 0 Å². The van der Waals surface area contributed by atoms with E-state index >= 15 is 0 Å². The van der Waals surface area contributed by atoms with Gasteiger partial charge in [-0.1, -0.05) is 0 Å². The predicted molar refractivity (Wildman–Crippen MR) is 89.7 cm³/mol. The van der Waals surface area contributed by atoms with Crippen molar-refractivity contribution >= 4 is 3.71 Å². The second kappa shape index (κ2) is 5.39. The number of rotatable bonds is 3. The van der Waals surface area contributed by atoms with Crippen molar-refractivity contribution in [2.75, 3.05) is 0 Å². The first-order valence-electron chi connectivity index (χ1n) is 7.82. The van der Waals surface area contributed by atoms with Crippen LogP contribution in [-0.2, 0) is 24.2 Å². The number of fused-ring (bicyclic) bond motifs is 3. The third-order valence-electron chi connectivity index (χ3n) is 5.20. The van der Waals surface area contributed by atoms with Gasteiger partial charge in [-0.3, -0.25) is 0 Å². The first-order chi connectivity index (χ1) is 10.8. The molecule has 0 aromatic heterocycles. The van der Waals surface area contributed by atoms with Gasteiger partial charge in [-0.25, -0.2) is 0 Å². The van der Waals surface area contributed by atoms with Crippen molar-refractivity contribution in [1.82, 2.24) is 0 Å². The van der Waals surface area contributed by atoms with Crippen LogP contribution in [0.4, 0.5) is 0 Å². The Hall–Kier alpha value is -1.33. The zero-order valence-corrected chi connectivity index (χ0v) is 15.2. The van der Waals surface area contributed by atoms with Crippen LogP contribution >= 0.6 is 0 Å². The second-order valence-electron chi connectivity index (χ2n) is 6.36. The van der Waals surface area contributed by atoms with Gasteiger partial charge in [0, 0.05) is 0 Å². The fourth-order valence-corrected chi connectivity index (χ4v) is 4.88. The maximum absolute atomic E-state index is 2.49. The molecule has 2 aliphatic rings. The van der Waals surface area contributed by atoms with E-state index in [0.29, 0.717) is 5.92 Å². The van der Waals surface area contributed by atoms with Crippen molar-refractivity contribution < 1.29 is 24.2 Å². The summed E-state index contributed by atoms with van der Waals surface area (Å²) in [5.41, 5.74) is 7.44. The minimum absolute atomic E-state index is 0.102. The number of allylic oxidation sites excluding steroid dienone is 4. The number of hydrogen-bond donors (Lipinski definition) is 0. The molecule has 0 saturated carbocycles. The molecule has 0 bridgehead atoms. The Morgan fingerprint density at radius 2 is 1.59 bits per heavy atom. The Morgan fingerprint density at radius 1 is 1.00 bits per heavy atom. The molecule has 0 radical (unpaired) electrons. The molecule has 2 aromatic rings. The van der Waals surface area contributed by atoms with Gasteiger partial charge >= 0.3 is 147 Å². The molecule has 0 aliphatic heterocycles. The van der Waals surface area contributed by atoms with Gasteiger partial charge in [-0.15, -0.1) is 0 Å². The molecule has 0 N–H and O–H groups in total. The van der Waals surface area contributed by atoms with Gasteiger partial charge in [-0.05, 0) is 0 Å². The van der Waals surface area contributed by atoms with E-state index < -0.39 is 0 Å². The van der Waals surface area contributed by atoms with Crippen molar-refractivity contribution in [3.8, 4) is 11.1 Å². The summed E-state index contributed by atoms with van der Waals surface area (Å²) in [5, 5.41) is 0. The summed E-state index contributed by atoms with van der Waals surface area (Å²) in [4.78, 5) is 0. The van der Waals surface area contributed by atoms with Crippen LogP contribution in [0.5, 0.6) is 0 Å². The van der Waals surface area contributed by atoms with Crippen LogP contribution in [0.25, 0.3) is 11.1 Å². The molecule has 22 heavy (non-hydrogen) atoms. The molecular formula is C21H18Zr. The second-order valence-corrected chi connectivity index (χ2v) is 7.07. The van der Waals surface area contributed by atoms with Gasteiger partial charge in [0.15, 0.2) is 0 Å². The minimum atomic E-state index is 0.102. The standard InChI is InChI=1S/C21H18.Zr/c1-21(2,15-9-3-4-10-15)20-18-13-7-5-11-16(18)17-12-6-8-14-19(17)20;/h1,3-9,11-14,20H,10H2,2H3;. The normalized spacial score (nSPS) is 18.5. The van der Waals surface area contributed by atoms with E-state index in [1.807, 2.05) is 0 Å². The Labute approximate surface area is 146 Å². The van der Waals surface area contributed by atoms with Gasteiger partial charge in [0.2, 0.25) is 0 Å². The van der Waals surface area contributed by atoms with Gasteiger partial charge in [0.05, 0.1) is 0 Å².